The van der Waals surface area contributed by atoms with Gasteiger partial charge in [0.2, 0.25) is 0 Å². The van der Waals surface area contributed by atoms with Gasteiger partial charge >= 0.3 is 0 Å². The van der Waals surface area contributed by atoms with Crippen LogP contribution in [0.3, 0.4) is 0 Å². The van der Waals surface area contributed by atoms with Gasteiger partial charge in [0.15, 0.2) is 0 Å². The molecule has 1 aromatic carbocycles. The Labute approximate surface area is 165 Å². The molecule has 0 saturated heterocycles. The fourth-order valence-electron chi connectivity index (χ4n) is 3.09. The van der Waals surface area contributed by atoms with Crippen molar-refractivity contribution in [2.45, 2.75) is 31.3 Å². The Kier molecular flexibility index (Phi) is 6.85. The highest BCUT2D eigenvalue weighted by Gasteiger charge is 2.14. The van der Waals surface area contributed by atoms with Crippen LogP contribution in [-0.4, -0.2) is 32.8 Å². The molecule has 0 unspecified atom stereocenters. The molecule has 0 aliphatic rings. The molecule has 0 amide bonds. The number of aromatic nitrogens is 2. The van der Waals surface area contributed by atoms with Gasteiger partial charge in [-0.25, -0.2) is 0 Å². The third-order valence-corrected chi connectivity index (χ3v) is 5.19. The monoisotopic (exact) mass is 379 g/mol. The lowest BCUT2D eigenvalue weighted by Gasteiger charge is -2.23. The Balaban J connectivity index is 1.80. The van der Waals surface area contributed by atoms with Gasteiger partial charge < -0.3 is 5.11 Å². The zero-order chi connectivity index (χ0) is 19.1. The Morgan fingerprint density at radius 1 is 0.963 bits per heavy atom. The minimum atomic E-state index is 0.386. The SMILES string of the molecule is CSc1cc(C)cc(CN(CCc2ccccn2)Cc2ccccn2)c1O. The van der Waals surface area contributed by atoms with Crippen molar-refractivity contribution >= 4 is 11.8 Å². The van der Waals surface area contributed by atoms with E-state index in [1.54, 1.807) is 11.8 Å². The number of nitrogens with zero attached hydrogens (tertiary/aromatic N) is 3. The summed E-state index contributed by atoms with van der Waals surface area (Å²) in [6.45, 7) is 4.31. The maximum atomic E-state index is 10.6. The molecule has 4 nitrogen and oxygen atoms in total. The van der Waals surface area contributed by atoms with Crippen LogP contribution in [0.1, 0.15) is 22.5 Å². The Bertz CT molecular complexity index is 856. The number of aromatic hydroxyl groups is 1. The van der Waals surface area contributed by atoms with Gasteiger partial charge in [0.1, 0.15) is 5.75 Å². The van der Waals surface area contributed by atoms with Crippen LogP contribution in [0.2, 0.25) is 0 Å². The van der Waals surface area contributed by atoms with E-state index in [2.05, 4.69) is 33.9 Å². The second kappa shape index (κ2) is 9.53. The van der Waals surface area contributed by atoms with Crippen LogP contribution in [0.25, 0.3) is 0 Å². The van der Waals surface area contributed by atoms with Crippen LogP contribution in [0.15, 0.2) is 65.8 Å². The van der Waals surface area contributed by atoms with Gasteiger partial charge in [-0.3, -0.25) is 14.9 Å². The smallest absolute Gasteiger partial charge is 0.133 e. The van der Waals surface area contributed by atoms with E-state index in [9.17, 15) is 5.11 Å². The average Bonchev–Trinajstić information content (AvgIpc) is 2.70. The van der Waals surface area contributed by atoms with Crippen molar-refractivity contribution in [2.75, 3.05) is 12.8 Å². The van der Waals surface area contributed by atoms with Crippen LogP contribution in [0, 0.1) is 6.92 Å². The fourth-order valence-corrected chi connectivity index (χ4v) is 3.72. The van der Waals surface area contributed by atoms with E-state index >= 15 is 0 Å². The first-order valence-electron chi connectivity index (χ1n) is 9.04. The van der Waals surface area contributed by atoms with Gasteiger partial charge in [0.05, 0.1) is 5.69 Å². The zero-order valence-corrected chi connectivity index (χ0v) is 16.6. The summed E-state index contributed by atoms with van der Waals surface area (Å²) < 4.78 is 0. The average molecular weight is 380 g/mol. The molecular formula is C22H25N3OS. The number of hydrogen-bond acceptors (Lipinski definition) is 5. The van der Waals surface area contributed by atoms with E-state index in [0.29, 0.717) is 12.3 Å². The number of phenols is 1. The number of pyridine rings is 2. The van der Waals surface area contributed by atoms with Crippen molar-refractivity contribution in [1.29, 1.82) is 0 Å². The standard InChI is InChI=1S/C22H25N3OS/c1-17-13-18(22(26)21(14-17)27-2)15-25(16-20-8-4-6-11-24-20)12-9-19-7-3-5-10-23-19/h3-8,10-11,13-14,26H,9,12,15-16H2,1-2H3. The Morgan fingerprint density at radius 3 is 2.30 bits per heavy atom. The first-order valence-corrected chi connectivity index (χ1v) is 10.3. The van der Waals surface area contributed by atoms with Crippen molar-refractivity contribution in [2.24, 2.45) is 0 Å². The highest BCUT2D eigenvalue weighted by Crippen LogP contribution is 2.32. The second-order valence-corrected chi connectivity index (χ2v) is 7.43. The number of rotatable bonds is 8. The molecule has 0 radical (unpaired) electrons. The quantitative estimate of drug-likeness (QED) is 0.586. The number of phenolic OH excluding ortho intramolecular Hbond substituents is 1. The number of aryl methyl sites for hydroxylation is 1. The van der Waals surface area contributed by atoms with Crippen molar-refractivity contribution in [1.82, 2.24) is 14.9 Å². The largest absolute Gasteiger partial charge is 0.506 e. The first-order chi connectivity index (χ1) is 13.2. The molecule has 2 heterocycles. The molecule has 3 aromatic rings. The van der Waals surface area contributed by atoms with Crippen LogP contribution < -0.4 is 0 Å². The molecular weight excluding hydrogens is 354 g/mol. The molecule has 0 spiro atoms. The summed E-state index contributed by atoms with van der Waals surface area (Å²) in [6, 6.07) is 16.1. The zero-order valence-electron chi connectivity index (χ0n) is 15.8. The molecule has 2 aromatic heterocycles. The first kappa shape index (κ1) is 19.4. The van der Waals surface area contributed by atoms with Gasteiger partial charge in [-0.2, -0.15) is 0 Å². The van der Waals surface area contributed by atoms with E-state index in [4.69, 9.17) is 0 Å². The summed E-state index contributed by atoms with van der Waals surface area (Å²) in [5.74, 6) is 0.386. The van der Waals surface area contributed by atoms with E-state index in [-0.39, 0.29) is 0 Å². The van der Waals surface area contributed by atoms with Gasteiger partial charge in [-0.05, 0) is 49.1 Å². The number of benzene rings is 1. The summed E-state index contributed by atoms with van der Waals surface area (Å²) in [5, 5.41) is 10.6. The fraction of sp³-hybridized carbons (Fsp3) is 0.273. The molecule has 5 heteroatoms. The molecule has 0 bridgehead atoms. The van der Waals surface area contributed by atoms with E-state index in [0.717, 1.165) is 46.9 Å². The maximum absolute atomic E-state index is 10.6. The minimum absolute atomic E-state index is 0.386. The topological polar surface area (TPSA) is 49.2 Å². The van der Waals surface area contributed by atoms with E-state index in [1.807, 2.05) is 55.0 Å². The summed E-state index contributed by atoms with van der Waals surface area (Å²) in [4.78, 5) is 12.1. The predicted octanol–water partition coefficient (Wildman–Crippen LogP) is 4.46. The Morgan fingerprint density at radius 2 is 1.67 bits per heavy atom. The van der Waals surface area contributed by atoms with Gasteiger partial charge in [-0.15, -0.1) is 11.8 Å². The molecule has 0 fully saturated rings. The van der Waals surface area contributed by atoms with Crippen LogP contribution in [0.5, 0.6) is 5.75 Å². The van der Waals surface area contributed by atoms with Crippen molar-refractivity contribution in [3.63, 3.8) is 0 Å². The van der Waals surface area contributed by atoms with Crippen LogP contribution >= 0.6 is 11.8 Å². The van der Waals surface area contributed by atoms with Crippen LogP contribution in [-0.2, 0) is 19.5 Å². The summed E-state index contributed by atoms with van der Waals surface area (Å²) in [5.41, 5.74) is 4.21. The molecule has 0 aliphatic heterocycles. The second-order valence-electron chi connectivity index (χ2n) is 6.58. The molecule has 0 aliphatic carbocycles. The van der Waals surface area contributed by atoms with Gasteiger partial charge in [0.25, 0.3) is 0 Å². The summed E-state index contributed by atoms with van der Waals surface area (Å²) in [6.07, 6.45) is 6.50. The summed E-state index contributed by atoms with van der Waals surface area (Å²) in [7, 11) is 0. The number of hydrogen-bond donors (Lipinski definition) is 1. The third-order valence-electron chi connectivity index (χ3n) is 4.43. The minimum Gasteiger partial charge on any atom is -0.506 e. The third kappa shape index (κ3) is 5.55. The molecule has 27 heavy (non-hydrogen) atoms. The van der Waals surface area contributed by atoms with E-state index < -0.39 is 0 Å². The van der Waals surface area contributed by atoms with E-state index in [1.165, 1.54) is 0 Å². The highest BCUT2D eigenvalue weighted by molar-refractivity contribution is 7.98. The maximum Gasteiger partial charge on any atom is 0.133 e. The van der Waals surface area contributed by atoms with Crippen LogP contribution in [0.4, 0.5) is 0 Å². The highest BCUT2D eigenvalue weighted by atomic mass is 32.2. The normalized spacial score (nSPS) is 11.1. The summed E-state index contributed by atoms with van der Waals surface area (Å²) >= 11 is 1.57. The van der Waals surface area contributed by atoms with Crippen molar-refractivity contribution in [3.05, 3.63) is 83.4 Å². The number of thioether (sulfide) groups is 1. The molecule has 140 valence electrons. The Hall–Kier alpha value is -2.37. The lowest BCUT2D eigenvalue weighted by Crippen LogP contribution is -2.26. The molecule has 1 N–H and O–H groups in total. The van der Waals surface area contributed by atoms with Gasteiger partial charge in [0, 0.05) is 54.6 Å². The lowest BCUT2D eigenvalue weighted by atomic mass is 10.1. The molecule has 0 saturated carbocycles. The van der Waals surface area contributed by atoms with Gasteiger partial charge in [-0.1, -0.05) is 18.2 Å². The molecule has 3 rings (SSSR count). The predicted molar refractivity (Wildman–Crippen MR) is 111 cm³/mol. The molecule has 0 atom stereocenters. The van der Waals surface area contributed by atoms with Crippen molar-refractivity contribution in [3.8, 4) is 5.75 Å². The van der Waals surface area contributed by atoms with Crippen molar-refractivity contribution < 1.29 is 5.11 Å². The lowest BCUT2D eigenvalue weighted by molar-refractivity contribution is 0.252.